The van der Waals surface area contributed by atoms with Crippen LogP contribution in [0.3, 0.4) is 0 Å². The Morgan fingerprint density at radius 3 is 2.55 bits per heavy atom. The first-order chi connectivity index (χ1) is 14.3. The molecule has 0 bridgehead atoms. The molecule has 2 aromatic heterocycles. The molecular weight excluding hydrogens is 362 g/mol. The molecule has 29 heavy (non-hydrogen) atoms. The number of benzene rings is 2. The molecule has 0 unspecified atom stereocenters. The summed E-state index contributed by atoms with van der Waals surface area (Å²) in [5.41, 5.74) is 11.2. The SMILES string of the molecule is NCc1ccc2c(cnn2Cc2ccc(-c3nc(CN4CCCC4)co3)cc2)c1. The molecule has 6 nitrogen and oxygen atoms in total. The summed E-state index contributed by atoms with van der Waals surface area (Å²) in [6.45, 7) is 4.46. The molecule has 6 heteroatoms. The van der Waals surface area contributed by atoms with Gasteiger partial charge in [-0.1, -0.05) is 18.2 Å². The van der Waals surface area contributed by atoms with Crippen molar-refractivity contribution < 1.29 is 4.42 Å². The molecule has 0 radical (unpaired) electrons. The summed E-state index contributed by atoms with van der Waals surface area (Å²) in [5, 5.41) is 5.66. The van der Waals surface area contributed by atoms with Crippen molar-refractivity contribution in [2.45, 2.75) is 32.5 Å². The average molecular weight is 387 g/mol. The molecule has 2 aromatic carbocycles. The lowest BCUT2D eigenvalue weighted by atomic mass is 10.1. The maximum atomic E-state index is 5.73. The third-order valence-electron chi connectivity index (χ3n) is 5.61. The number of rotatable bonds is 6. The minimum Gasteiger partial charge on any atom is -0.444 e. The fraction of sp³-hybridized carbons (Fsp3) is 0.304. The lowest BCUT2D eigenvalue weighted by Gasteiger charge is -2.11. The zero-order valence-electron chi connectivity index (χ0n) is 16.4. The summed E-state index contributed by atoms with van der Waals surface area (Å²) in [7, 11) is 0. The van der Waals surface area contributed by atoms with E-state index in [-0.39, 0.29) is 0 Å². The molecule has 0 amide bonds. The van der Waals surface area contributed by atoms with E-state index in [0.29, 0.717) is 12.4 Å². The zero-order valence-corrected chi connectivity index (χ0v) is 16.4. The zero-order chi connectivity index (χ0) is 19.6. The van der Waals surface area contributed by atoms with Crippen molar-refractivity contribution in [1.82, 2.24) is 19.7 Å². The fourth-order valence-corrected chi connectivity index (χ4v) is 4.00. The van der Waals surface area contributed by atoms with Crippen LogP contribution in [0.5, 0.6) is 0 Å². The van der Waals surface area contributed by atoms with Gasteiger partial charge in [-0.05, 0) is 61.3 Å². The smallest absolute Gasteiger partial charge is 0.226 e. The molecule has 1 aliphatic heterocycles. The minimum absolute atomic E-state index is 0.545. The van der Waals surface area contributed by atoms with E-state index < -0.39 is 0 Å². The van der Waals surface area contributed by atoms with Gasteiger partial charge in [0.15, 0.2) is 0 Å². The Kier molecular flexibility index (Phi) is 4.87. The maximum absolute atomic E-state index is 5.73. The normalized spacial score (nSPS) is 14.8. The molecule has 0 spiro atoms. The molecule has 1 aliphatic rings. The number of aromatic nitrogens is 3. The van der Waals surface area contributed by atoms with Crippen molar-refractivity contribution in [3.8, 4) is 11.5 Å². The van der Waals surface area contributed by atoms with Crippen LogP contribution in [0.4, 0.5) is 0 Å². The van der Waals surface area contributed by atoms with E-state index in [1.165, 1.54) is 18.4 Å². The van der Waals surface area contributed by atoms with Crippen molar-refractivity contribution in [2.75, 3.05) is 13.1 Å². The van der Waals surface area contributed by atoms with E-state index in [4.69, 9.17) is 10.2 Å². The number of hydrogen-bond acceptors (Lipinski definition) is 5. The summed E-state index contributed by atoms with van der Waals surface area (Å²) in [6, 6.07) is 14.6. The van der Waals surface area contributed by atoms with Crippen molar-refractivity contribution >= 4 is 10.9 Å². The van der Waals surface area contributed by atoms with Gasteiger partial charge in [0.25, 0.3) is 0 Å². The van der Waals surface area contributed by atoms with Crippen molar-refractivity contribution in [3.63, 3.8) is 0 Å². The number of nitrogens with two attached hydrogens (primary N) is 1. The Labute approximate surface area is 169 Å². The second-order valence-corrected chi connectivity index (χ2v) is 7.72. The number of oxazole rings is 1. The van der Waals surface area contributed by atoms with Crippen LogP contribution < -0.4 is 5.73 Å². The highest BCUT2D eigenvalue weighted by molar-refractivity contribution is 5.79. The van der Waals surface area contributed by atoms with Crippen LogP contribution in [0.25, 0.3) is 22.4 Å². The molecule has 148 valence electrons. The molecular formula is C23H25N5O. The Bertz CT molecular complexity index is 1110. The lowest BCUT2D eigenvalue weighted by Crippen LogP contribution is -2.18. The van der Waals surface area contributed by atoms with Crippen molar-refractivity contribution in [1.29, 1.82) is 0 Å². The predicted octanol–water partition coefficient (Wildman–Crippen LogP) is 3.79. The summed E-state index contributed by atoms with van der Waals surface area (Å²) in [5.74, 6) is 0.685. The lowest BCUT2D eigenvalue weighted by molar-refractivity contribution is 0.327. The van der Waals surface area contributed by atoms with E-state index in [1.54, 1.807) is 6.26 Å². The third kappa shape index (κ3) is 3.81. The van der Waals surface area contributed by atoms with Crippen molar-refractivity contribution in [3.05, 3.63) is 71.7 Å². The third-order valence-corrected chi connectivity index (χ3v) is 5.61. The summed E-state index contributed by atoms with van der Waals surface area (Å²) in [4.78, 5) is 7.10. The highest BCUT2D eigenvalue weighted by Crippen LogP contribution is 2.22. The van der Waals surface area contributed by atoms with Gasteiger partial charge in [0.2, 0.25) is 5.89 Å². The topological polar surface area (TPSA) is 73.1 Å². The van der Waals surface area contributed by atoms with Crippen LogP contribution in [-0.4, -0.2) is 32.8 Å². The van der Waals surface area contributed by atoms with Gasteiger partial charge in [0.1, 0.15) is 6.26 Å². The van der Waals surface area contributed by atoms with E-state index in [9.17, 15) is 0 Å². The molecule has 4 aromatic rings. The van der Waals surface area contributed by atoms with Gasteiger partial charge >= 0.3 is 0 Å². The van der Waals surface area contributed by atoms with E-state index in [1.807, 2.05) is 10.9 Å². The molecule has 0 aliphatic carbocycles. The standard InChI is InChI=1S/C23H25N5O/c24-12-18-5-8-22-20(11-18)13-25-28(22)14-17-3-6-19(7-4-17)23-26-21(16-29-23)15-27-9-1-2-10-27/h3-8,11,13,16H,1-2,9-10,12,14-15,24H2. The number of nitrogens with zero attached hydrogens (tertiary/aromatic N) is 4. The van der Waals surface area contributed by atoms with Crippen LogP contribution in [0.2, 0.25) is 0 Å². The van der Waals surface area contributed by atoms with Crippen LogP contribution >= 0.6 is 0 Å². The van der Waals surface area contributed by atoms with Gasteiger partial charge in [-0.25, -0.2) is 4.98 Å². The summed E-state index contributed by atoms with van der Waals surface area (Å²) < 4.78 is 7.74. The Morgan fingerprint density at radius 2 is 1.76 bits per heavy atom. The van der Waals surface area contributed by atoms with Crippen LogP contribution in [0.15, 0.2) is 59.3 Å². The highest BCUT2D eigenvalue weighted by atomic mass is 16.3. The van der Waals surface area contributed by atoms with Crippen LogP contribution in [0, 0.1) is 0 Å². The van der Waals surface area contributed by atoms with Gasteiger partial charge in [0.05, 0.1) is 24.0 Å². The number of fused-ring (bicyclic) bond motifs is 1. The number of hydrogen-bond donors (Lipinski definition) is 1. The molecule has 0 saturated carbocycles. The quantitative estimate of drug-likeness (QED) is 0.545. The van der Waals surface area contributed by atoms with Crippen molar-refractivity contribution in [2.24, 2.45) is 5.73 Å². The minimum atomic E-state index is 0.545. The molecule has 2 N–H and O–H groups in total. The Balaban J connectivity index is 1.30. The van der Waals surface area contributed by atoms with Crippen LogP contribution in [-0.2, 0) is 19.6 Å². The van der Waals surface area contributed by atoms with Gasteiger partial charge in [-0.15, -0.1) is 0 Å². The van der Waals surface area contributed by atoms with Gasteiger partial charge in [-0.3, -0.25) is 9.58 Å². The second-order valence-electron chi connectivity index (χ2n) is 7.72. The fourth-order valence-electron chi connectivity index (χ4n) is 4.00. The maximum Gasteiger partial charge on any atom is 0.226 e. The first kappa shape index (κ1) is 18.1. The average Bonchev–Trinajstić information content (AvgIpc) is 3.51. The van der Waals surface area contributed by atoms with Crippen LogP contribution in [0.1, 0.15) is 29.7 Å². The Hall–Kier alpha value is -2.96. The van der Waals surface area contributed by atoms with Gasteiger partial charge in [-0.2, -0.15) is 5.10 Å². The first-order valence-corrected chi connectivity index (χ1v) is 10.2. The first-order valence-electron chi connectivity index (χ1n) is 10.2. The summed E-state index contributed by atoms with van der Waals surface area (Å²) in [6.07, 6.45) is 6.25. The highest BCUT2D eigenvalue weighted by Gasteiger charge is 2.15. The second kappa shape index (κ2) is 7.81. The predicted molar refractivity (Wildman–Crippen MR) is 113 cm³/mol. The molecule has 1 fully saturated rings. The molecule has 5 rings (SSSR count). The van der Waals surface area contributed by atoms with E-state index in [2.05, 4.69) is 57.4 Å². The molecule has 3 heterocycles. The van der Waals surface area contributed by atoms with Gasteiger partial charge < -0.3 is 10.2 Å². The van der Waals surface area contributed by atoms with E-state index in [0.717, 1.165) is 53.9 Å². The monoisotopic (exact) mass is 387 g/mol. The largest absolute Gasteiger partial charge is 0.444 e. The van der Waals surface area contributed by atoms with E-state index >= 15 is 0 Å². The Morgan fingerprint density at radius 1 is 0.966 bits per heavy atom. The number of likely N-dealkylation sites (tertiary alicyclic amines) is 1. The molecule has 1 saturated heterocycles. The van der Waals surface area contributed by atoms with Gasteiger partial charge in [0, 0.05) is 24.0 Å². The summed E-state index contributed by atoms with van der Waals surface area (Å²) >= 11 is 0. The molecule has 0 atom stereocenters.